The Labute approximate surface area is 248 Å². The summed E-state index contributed by atoms with van der Waals surface area (Å²) >= 11 is 0. The van der Waals surface area contributed by atoms with Crippen LogP contribution < -0.4 is 0 Å². The fourth-order valence-corrected chi connectivity index (χ4v) is 7.86. The number of benzene rings is 2. The van der Waals surface area contributed by atoms with Gasteiger partial charge in [0, 0.05) is 29.6 Å². The maximum atomic E-state index is 14.2. The molecule has 3 aliphatic rings. The lowest BCUT2D eigenvalue weighted by atomic mass is 9.64. The largest absolute Gasteiger partial charge is 0.393 e. The third-order valence-electron chi connectivity index (χ3n) is 9.48. The van der Waals surface area contributed by atoms with Crippen LogP contribution in [-0.2, 0) is 16.4 Å². The summed E-state index contributed by atoms with van der Waals surface area (Å²) in [5, 5.41) is 23.1. The van der Waals surface area contributed by atoms with Gasteiger partial charge in [-0.15, -0.1) is 0 Å². The monoisotopic (exact) mass is 603 g/mol. The number of hydrogen-bond donors (Lipinski definition) is 2. The van der Waals surface area contributed by atoms with Crippen molar-refractivity contribution in [1.29, 1.82) is 0 Å². The summed E-state index contributed by atoms with van der Waals surface area (Å²) in [5.41, 5.74) is 0.718. The third kappa shape index (κ3) is 6.69. The second kappa shape index (κ2) is 12.6. The number of rotatable bonds is 7. The van der Waals surface area contributed by atoms with Crippen molar-refractivity contribution < 1.29 is 32.2 Å². The minimum atomic E-state index is -3.58. The lowest BCUT2D eigenvalue weighted by Gasteiger charge is -2.45. The standard InChI is InChI=1S/C33H43F2NO5S/c1-5-17-36(42(4,40)41)21-33(39)16-14-28-26-12-9-23(18-25(37)11-8-22(2)7-6-15-32(28,33)3)19-27(26)31(38)24-10-13-29(34)30(35)20-24/h7,9-10,12-13,19-20,25,28,37,39H,5-6,8,11,14-18,21H2,1-4H3. The van der Waals surface area contributed by atoms with Crippen LogP contribution >= 0.6 is 0 Å². The number of fused-ring (bicyclic) bond motifs is 8. The smallest absolute Gasteiger partial charge is 0.211 e. The number of carbonyl (C=O) groups is 1. The van der Waals surface area contributed by atoms with Crippen LogP contribution in [0.15, 0.2) is 48.0 Å². The number of hydrogen-bond acceptors (Lipinski definition) is 5. The van der Waals surface area contributed by atoms with Gasteiger partial charge in [0.05, 0.1) is 18.0 Å². The van der Waals surface area contributed by atoms with Crippen LogP contribution in [0.2, 0.25) is 0 Å². The summed E-state index contributed by atoms with van der Waals surface area (Å²) in [4.78, 5) is 13.9. The van der Waals surface area contributed by atoms with Crippen LogP contribution in [0.1, 0.15) is 98.7 Å². The van der Waals surface area contributed by atoms with Crippen LogP contribution in [-0.4, -0.2) is 59.8 Å². The van der Waals surface area contributed by atoms with Gasteiger partial charge < -0.3 is 10.2 Å². The molecule has 0 aliphatic heterocycles. The van der Waals surface area contributed by atoms with E-state index in [0.29, 0.717) is 62.5 Å². The number of aliphatic hydroxyl groups is 2. The van der Waals surface area contributed by atoms with Gasteiger partial charge in [0.2, 0.25) is 10.0 Å². The van der Waals surface area contributed by atoms with Gasteiger partial charge in [-0.2, -0.15) is 4.31 Å². The Bertz CT molecular complexity index is 1460. The molecule has 2 aromatic carbocycles. The molecule has 0 radical (unpaired) electrons. The molecule has 0 spiro atoms. The summed E-state index contributed by atoms with van der Waals surface area (Å²) in [6.07, 6.45) is 6.86. The maximum Gasteiger partial charge on any atom is 0.211 e. The Hall–Kier alpha value is -2.46. The van der Waals surface area contributed by atoms with E-state index in [4.69, 9.17) is 0 Å². The fraction of sp³-hybridized carbons (Fsp3) is 0.545. The fourth-order valence-electron chi connectivity index (χ4n) is 6.89. The minimum absolute atomic E-state index is 0.00804. The molecule has 1 saturated carbocycles. The maximum absolute atomic E-state index is 14.2. The lowest BCUT2D eigenvalue weighted by Crippen LogP contribution is -2.53. The number of allylic oxidation sites excluding steroid dienone is 2. The normalized spacial score (nSPS) is 27.0. The molecular weight excluding hydrogens is 560 g/mol. The first-order valence-electron chi connectivity index (χ1n) is 14.8. The molecule has 0 aromatic heterocycles. The predicted molar refractivity (Wildman–Crippen MR) is 160 cm³/mol. The van der Waals surface area contributed by atoms with Crippen molar-refractivity contribution in [2.24, 2.45) is 5.41 Å². The van der Waals surface area contributed by atoms with Gasteiger partial charge in [-0.25, -0.2) is 17.2 Å². The van der Waals surface area contributed by atoms with Crippen molar-refractivity contribution >= 4 is 15.8 Å². The lowest BCUT2D eigenvalue weighted by molar-refractivity contribution is -0.0723. The van der Waals surface area contributed by atoms with Crippen LogP contribution in [0.4, 0.5) is 8.78 Å². The summed E-state index contributed by atoms with van der Waals surface area (Å²) in [7, 11) is -3.58. The van der Waals surface area contributed by atoms with Crippen molar-refractivity contribution in [2.75, 3.05) is 19.3 Å². The van der Waals surface area contributed by atoms with Crippen molar-refractivity contribution in [2.45, 2.75) is 89.8 Å². The van der Waals surface area contributed by atoms with E-state index in [-0.39, 0.29) is 24.6 Å². The molecule has 5 rings (SSSR count). The Morgan fingerprint density at radius 1 is 1.10 bits per heavy atom. The van der Waals surface area contributed by atoms with Crippen molar-refractivity contribution in [3.63, 3.8) is 0 Å². The molecule has 2 N–H and O–H groups in total. The SMILES string of the molecule is CCCN(CC1(O)CCC2c3ccc(cc3C(=O)c3ccc(F)c(F)c3)CC(O)CCC(C)=CCCC21C)S(C)(=O)=O. The van der Waals surface area contributed by atoms with E-state index < -0.39 is 44.6 Å². The summed E-state index contributed by atoms with van der Waals surface area (Å²) in [5.74, 6) is -2.94. The first kappa shape index (κ1) is 32.5. The van der Waals surface area contributed by atoms with Crippen molar-refractivity contribution in [3.05, 3.63) is 81.9 Å². The van der Waals surface area contributed by atoms with E-state index in [1.54, 1.807) is 6.07 Å². The van der Waals surface area contributed by atoms with Gasteiger partial charge >= 0.3 is 0 Å². The number of halogens is 2. The molecule has 3 aliphatic carbocycles. The van der Waals surface area contributed by atoms with E-state index in [2.05, 4.69) is 6.08 Å². The zero-order valence-corrected chi connectivity index (χ0v) is 25.8. The van der Waals surface area contributed by atoms with E-state index in [1.807, 2.05) is 32.9 Å². The molecule has 6 nitrogen and oxygen atoms in total. The predicted octanol–water partition coefficient (Wildman–Crippen LogP) is 5.91. The minimum Gasteiger partial charge on any atom is -0.393 e. The molecule has 0 saturated heterocycles. The second-order valence-corrected chi connectivity index (χ2v) is 14.5. The summed E-state index contributed by atoms with van der Waals surface area (Å²) in [6, 6.07) is 8.56. The molecule has 230 valence electrons. The van der Waals surface area contributed by atoms with Crippen LogP contribution in [0, 0.1) is 17.0 Å². The van der Waals surface area contributed by atoms with E-state index in [9.17, 15) is 32.2 Å². The van der Waals surface area contributed by atoms with Crippen LogP contribution in [0.3, 0.4) is 0 Å². The molecular formula is C33H43F2NO5S. The Morgan fingerprint density at radius 2 is 1.83 bits per heavy atom. The van der Waals surface area contributed by atoms with E-state index >= 15 is 0 Å². The molecule has 4 unspecified atom stereocenters. The highest BCUT2D eigenvalue weighted by Gasteiger charge is 2.57. The molecule has 0 heterocycles. The first-order chi connectivity index (χ1) is 19.7. The molecule has 1 fully saturated rings. The topological polar surface area (TPSA) is 94.9 Å². The van der Waals surface area contributed by atoms with E-state index in [1.165, 1.54) is 10.4 Å². The molecule has 9 heteroatoms. The Kier molecular flexibility index (Phi) is 9.77. The number of ketones is 1. The summed E-state index contributed by atoms with van der Waals surface area (Å²) in [6.45, 7) is 6.14. The average Bonchev–Trinajstić information content (AvgIpc) is 3.17. The molecule has 4 atom stereocenters. The van der Waals surface area contributed by atoms with Gasteiger partial charge in [0.25, 0.3) is 0 Å². The van der Waals surface area contributed by atoms with Crippen molar-refractivity contribution in [3.8, 4) is 0 Å². The van der Waals surface area contributed by atoms with Gasteiger partial charge in [-0.3, -0.25) is 4.79 Å². The number of sulfonamides is 1. The summed E-state index contributed by atoms with van der Waals surface area (Å²) < 4.78 is 54.6. The first-order valence-corrected chi connectivity index (χ1v) is 16.7. The highest BCUT2D eigenvalue weighted by atomic mass is 32.2. The van der Waals surface area contributed by atoms with Crippen molar-refractivity contribution in [1.82, 2.24) is 4.31 Å². The molecule has 2 bridgehead atoms. The van der Waals surface area contributed by atoms with Crippen LogP contribution in [0.25, 0.3) is 0 Å². The third-order valence-corrected chi connectivity index (χ3v) is 10.7. The zero-order chi connectivity index (χ0) is 30.9. The van der Waals surface area contributed by atoms with Crippen LogP contribution in [0.5, 0.6) is 0 Å². The van der Waals surface area contributed by atoms with Gasteiger partial charge in [-0.05, 0) is 99.6 Å². The molecule has 42 heavy (non-hydrogen) atoms. The Morgan fingerprint density at radius 3 is 2.50 bits per heavy atom. The quantitative estimate of drug-likeness (QED) is 0.303. The zero-order valence-electron chi connectivity index (χ0n) is 25.0. The Balaban J connectivity index is 1.87. The number of nitrogens with zero attached hydrogens (tertiary/aromatic N) is 1. The number of carbonyl (C=O) groups excluding carboxylic acids is 1. The highest BCUT2D eigenvalue weighted by molar-refractivity contribution is 7.88. The van der Waals surface area contributed by atoms with Gasteiger partial charge in [0.1, 0.15) is 0 Å². The number of aliphatic hydroxyl groups excluding tert-OH is 1. The second-order valence-electron chi connectivity index (χ2n) is 12.5. The molecule has 0 amide bonds. The highest BCUT2D eigenvalue weighted by Crippen LogP contribution is 2.59. The van der Waals surface area contributed by atoms with E-state index in [0.717, 1.165) is 29.5 Å². The average molecular weight is 604 g/mol. The molecule has 2 aromatic rings. The van der Waals surface area contributed by atoms with Gasteiger partial charge in [-0.1, -0.05) is 37.6 Å². The van der Waals surface area contributed by atoms with Gasteiger partial charge in [0.15, 0.2) is 17.4 Å².